The predicted molar refractivity (Wildman–Crippen MR) is 61.5 cm³/mol. The van der Waals surface area contributed by atoms with Gasteiger partial charge in [0.1, 0.15) is 5.75 Å². The second-order valence-corrected chi connectivity index (χ2v) is 4.78. The van der Waals surface area contributed by atoms with E-state index in [2.05, 4.69) is 0 Å². The summed E-state index contributed by atoms with van der Waals surface area (Å²) in [4.78, 5) is 12.1. The van der Waals surface area contributed by atoms with Gasteiger partial charge in [0.25, 0.3) is 0 Å². The standard InChI is InChI=1S/C13H18O2/c1-9-6-7-10(11(8-9)15-5)12(14)13(2,3)4/h6-8H,1-5H3. The van der Waals surface area contributed by atoms with E-state index < -0.39 is 0 Å². The Morgan fingerprint density at radius 1 is 1.27 bits per heavy atom. The summed E-state index contributed by atoms with van der Waals surface area (Å²) in [5.74, 6) is 0.772. The summed E-state index contributed by atoms with van der Waals surface area (Å²) in [6.07, 6.45) is 0. The number of carbonyl (C=O) groups is 1. The molecule has 0 saturated heterocycles. The minimum atomic E-state index is -0.372. The minimum Gasteiger partial charge on any atom is -0.496 e. The number of hydrogen-bond donors (Lipinski definition) is 0. The highest BCUT2D eigenvalue weighted by Crippen LogP contribution is 2.28. The summed E-state index contributed by atoms with van der Waals surface area (Å²) >= 11 is 0. The first kappa shape index (κ1) is 11.8. The molecule has 15 heavy (non-hydrogen) atoms. The van der Waals surface area contributed by atoms with Gasteiger partial charge in [0.05, 0.1) is 12.7 Å². The van der Waals surface area contributed by atoms with E-state index in [0.29, 0.717) is 11.3 Å². The fourth-order valence-electron chi connectivity index (χ4n) is 1.39. The van der Waals surface area contributed by atoms with Crippen LogP contribution in [0.3, 0.4) is 0 Å². The molecule has 0 aliphatic carbocycles. The van der Waals surface area contributed by atoms with Crippen LogP contribution in [0.25, 0.3) is 0 Å². The highest BCUT2D eigenvalue weighted by Gasteiger charge is 2.25. The second-order valence-electron chi connectivity index (χ2n) is 4.78. The molecule has 0 aliphatic rings. The van der Waals surface area contributed by atoms with Gasteiger partial charge in [-0.05, 0) is 24.6 Å². The van der Waals surface area contributed by atoms with E-state index in [1.54, 1.807) is 7.11 Å². The fourth-order valence-corrected chi connectivity index (χ4v) is 1.39. The van der Waals surface area contributed by atoms with Crippen LogP contribution < -0.4 is 4.74 Å². The smallest absolute Gasteiger partial charge is 0.171 e. The summed E-state index contributed by atoms with van der Waals surface area (Å²) < 4.78 is 5.22. The lowest BCUT2D eigenvalue weighted by atomic mass is 9.86. The molecule has 0 fully saturated rings. The molecular formula is C13H18O2. The Morgan fingerprint density at radius 2 is 1.87 bits per heavy atom. The van der Waals surface area contributed by atoms with Crippen molar-refractivity contribution in [2.24, 2.45) is 5.41 Å². The molecule has 0 radical (unpaired) electrons. The zero-order chi connectivity index (χ0) is 11.6. The molecule has 1 aromatic rings. The lowest BCUT2D eigenvalue weighted by Gasteiger charge is -2.18. The molecule has 0 spiro atoms. The number of hydrogen-bond acceptors (Lipinski definition) is 2. The Kier molecular flexibility index (Phi) is 3.18. The average Bonchev–Trinajstić information content (AvgIpc) is 2.15. The fraction of sp³-hybridized carbons (Fsp3) is 0.462. The van der Waals surface area contributed by atoms with E-state index in [1.807, 2.05) is 45.9 Å². The number of rotatable bonds is 2. The van der Waals surface area contributed by atoms with Crippen LogP contribution in [0, 0.1) is 12.3 Å². The van der Waals surface area contributed by atoms with Crippen molar-refractivity contribution < 1.29 is 9.53 Å². The zero-order valence-electron chi connectivity index (χ0n) is 10.0. The van der Waals surface area contributed by atoms with Gasteiger partial charge in [-0.3, -0.25) is 4.79 Å². The lowest BCUT2D eigenvalue weighted by Crippen LogP contribution is -2.20. The van der Waals surface area contributed by atoms with Gasteiger partial charge >= 0.3 is 0 Å². The van der Waals surface area contributed by atoms with Gasteiger partial charge in [-0.25, -0.2) is 0 Å². The van der Waals surface area contributed by atoms with Crippen molar-refractivity contribution >= 4 is 5.78 Å². The Hall–Kier alpha value is -1.31. The number of ether oxygens (including phenoxy) is 1. The lowest BCUT2D eigenvalue weighted by molar-refractivity contribution is 0.0855. The van der Waals surface area contributed by atoms with Crippen molar-refractivity contribution in [2.75, 3.05) is 7.11 Å². The molecule has 0 heterocycles. The van der Waals surface area contributed by atoms with Crippen LogP contribution in [0.4, 0.5) is 0 Å². The number of Topliss-reactive ketones (excluding diaryl/α,β-unsaturated/α-hetero) is 1. The minimum absolute atomic E-state index is 0.111. The SMILES string of the molecule is COc1cc(C)ccc1C(=O)C(C)(C)C. The molecule has 0 aliphatic heterocycles. The van der Waals surface area contributed by atoms with Crippen LogP contribution in [0.2, 0.25) is 0 Å². The van der Waals surface area contributed by atoms with Crippen molar-refractivity contribution in [3.8, 4) is 5.75 Å². The zero-order valence-corrected chi connectivity index (χ0v) is 10.0. The summed E-state index contributed by atoms with van der Waals surface area (Å²) in [6.45, 7) is 7.71. The molecule has 0 amide bonds. The molecule has 0 bridgehead atoms. The summed E-state index contributed by atoms with van der Waals surface area (Å²) in [6, 6.07) is 5.65. The molecule has 2 nitrogen and oxygen atoms in total. The van der Waals surface area contributed by atoms with E-state index in [1.165, 1.54) is 0 Å². The molecular weight excluding hydrogens is 188 g/mol. The van der Waals surface area contributed by atoms with E-state index in [0.717, 1.165) is 5.56 Å². The molecule has 82 valence electrons. The molecule has 1 rings (SSSR count). The highest BCUT2D eigenvalue weighted by molar-refractivity contribution is 6.02. The maximum absolute atomic E-state index is 12.1. The summed E-state index contributed by atoms with van der Waals surface area (Å²) in [5.41, 5.74) is 1.38. The first-order valence-corrected chi connectivity index (χ1v) is 5.05. The maximum Gasteiger partial charge on any atom is 0.171 e. The Balaban J connectivity index is 3.20. The monoisotopic (exact) mass is 206 g/mol. The Labute approximate surface area is 91.3 Å². The number of aryl methyl sites for hydroxylation is 1. The summed E-state index contributed by atoms with van der Waals surface area (Å²) in [5, 5.41) is 0. The number of benzene rings is 1. The highest BCUT2D eigenvalue weighted by atomic mass is 16.5. The van der Waals surface area contributed by atoms with Gasteiger partial charge in [0.15, 0.2) is 5.78 Å². The molecule has 0 saturated carbocycles. The van der Waals surface area contributed by atoms with Gasteiger partial charge < -0.3 is 4.74 Å². The van der Waals surface area contributed by atoms with Crippen molar-refractivity contribution in [1.82, 2.24) is 0 Å². The predicted octanol–water partition coefficient (Wildman–Crippen LogP) is 3.23. The van der Waals surface area contributed by atoms with E-state index in [4.69, 9.17) is 4.74 Å². The molecule has 0 atom stereocenters. The maximum atomic E-state index is 12.1. The van der Waals surface area contributed by atoms with Crippen LogP contribution in [0.15, 0.2) is 18.2 Å². The largest absolute Gasteiger partial charge is 0.496 e. The van der Waals surface area contributed by atoms with Crippen molar-refractivity contribution in [2.45, 2.75) is 27.7 Å². The Morgan fingerprint density at radius 3 is 2.33 bits per heavy atom. The normalized spacial score (nSPS) is 11.3. The molecule has 1 aromatic carbocycles. The van der Waals surface area contributed by atoms with Gasteiger partial charge in [-0.1, -0.05) is 26.8 Å². The van der Waals surface area contributed by atoms with Crippen molar-refractivity contribution in [3.05, 3.63) is 29.3 Å². The average molecular weight is 206 g/mol. The first-order chi connectivity index (χ1) is 6.86. The van der Waals surface area contributed by atoms with Crippen LogP contribution in [-0.2, 0) is 0 Å². The van der Waals surface area contributed by atoms with Crippen LogP contribution >= 0.6 is 0 Å². The van der Waals surface area contributed by atoms with Crippen LogP contribution in [-0.4, -0.2) is 12.9 Å². The van der Waals surface area contributed by atoms with E-state index in [-0.39, 0.29) is 11.2 Å². The van der Waals surface area contributed by atoms with Crippen LogP contribution in [0.1, 0.15) is 36.7 Å². The molecule has 0 N–H and O–H groups in total. The third kappa shape index (κ3) is 2.58. The number of ketones is 1. The number of methoxy groups -OCH3 is 1. The quantitative estimate of drug-likeness (QED) is 0.694. The van der Waals surface area contributed by atoms with Crippen molar-refractivity contribution in [1.29, 1.82) is 0 Å². The van der Waals surface area contributed by atoms with Gasteiger partial charge in [0.2, 0.25) is 0 Å². The summed E-state index contributed by atoms with van der Waals surface area (Å²) in [7, 11) is 1.59. The van der Waals surface area contributed by atoms with Crippen molar-refractivity contribution in [3.63, 3.8) is 0 Å². The van der Waals surface area contributed by atoms with Crippen LogP contribution in [0.5, 0.6) is 5.75 Å². The van der Waals surface area contributed by atoms with E-state index in [9.17, 15) is 4.79 Å². The molecule has 2 heteroatoms. The third-order valence-electron chi connectivity index (χ3n) is 2.28. The van der Waals surface area contributed by atoms with Gasteiger partial charge in [-0.15, -0.1) is 0 Å². The third-order valence-corrected chi connectivity index (χ3v) is 2.28. The first-order valence-electron chi connectivity index (χ1n) is 5.05. The Bertz CT molecular complexity index is 373. The molecule has 0 aromatic heterocycles. The van der Waals surface area contributed by atoms with E-state index >= 15 is 0 Å². The van der Waals surface area contributed by atoms with Gasteiger partial charge in [0, 0.05) is 5.41 Å². The second kappa shape index (κ2) is 4.05. The van der Waals surface area contributed by atoms with Gasteiger partial charge in [-0.2, -0.15) is 0 Å². The molecule has 0 unspecified atom stereocenters. The topological polar surface area (TPSA) is 26.3 Å². The number of carbonyl (C=O) groups excluding carboxylic acids is 1.